The molecule has 0 N–H and O–H groups in total. The summed E-state index contributed by atoms with van der Waals surface area (Å²) in [6.07, 6.45) is 2.60. The molecule has 0 radical (unpaired) electrons. The molecule has 2 aromatic carbocycles. The molecule has 2 aromatic heterocycles. The van der Waals surface area contributed by atoms with Gasteiger partial charge in [-0.05, 0) is 59.5 Å². The van der Waals surface area contributed by atoms with Gasteiger partial charge in [-0.25, -0.2) is 4.98 Å². The van der Waals surface area contributed by atoms with Gasteiger partial charge in [0, 0.05) is 46.3 Å². The van der Waals surface area contributed by atoms with Gasteiger partial charge in [0.05, 0.1) is 6.54 Å². The van der Waals surface area contributed by atoms with E-state index >= 15 is 0 Å². The number of benzene rings is 2. The summed E-state index contributed by atoms with van der Waals surface area (Å²) >= 11 is 9.64. The highest BCUT2D eigenvalue weighted by atomic mass is 79.9. The van der Waals surface area contributed by atoms with E-state index in [0.29, 0.717) is 13.1 Å². The second kappa shape index (κ2) is 8.58. The van der Waals surface area contributed by atoms with E-state index in [9.17, 15) is 4.79 Å². The van der Waals surface area contributed by atoms with Crippen molar-refractivity contribution >= 4 is 38.6 Å². The van der Waals surface area contributed by atoms with E-state index < -0.39 is 0 Å². The molecule has 4 aromatic rings. The Morgan fingerprint density at radius 3 is 2.61 bits per heavy atom. The van der Waals surface area contributed by atoms with Crippen LogP contribution in [0.15, 0.2) is 76.1 Å². The maximum atomic E-state index is 13.6. The van der Waals surface area contributed by atoms with Crippen LogP contribution in [-0.4, -0.2) is 21.0 Å². The number of fused-ring (bicyclic) bond motifs is 3. The van der Waals surface area contributed by atoms with Crippen LogP contribution in [0.4, 0.5) is 0 Å². The fourth-order valence-corrected chi connectivity index (χ4v) is 4.84. The van der Waals surface area contributed by atoms with Gasteiger partial charge < -0.3 is 0 Å². The first kappa shape index (κ1) is 20.4. The number of hydrogen-bond donors (Lipinski definition) is 0. The summed E-state index contributed by atoms with van der Waals surface area (Å²) < 4.78 is 2.84. The Balaban J connectivity index is 1.54. The molecule has 0 spiro atoms. The van der Waals surface area contributed by atoms with Crippen LogP contribution in [0.25, 0.3) is 11.0 Å². The summed E-state index contributed by atoms with van der Waals surface area (Å²) in [6, 6.07) is 20.1. The van der Waals surface area contributed by atoms with Crippen LogP contribution in [0.1, 0.15) is 22.3 Å². The van der Waals surface area contributed by atoms with E-state index in [1.807, 2.05) is 53.1 Å². The van der Waals surface area contributed by atoms with E-state index in [2.05, 4.69) is 37.9 Å². The van der Waals surface area contributed by atoms with Crippen LogP contribution in [0.5, 0.6) is 0 Å². The Hall–Kier alpha value is -2.47. The minimum Gasteiger partial charge on any atom is -0.294 e. The Morgan fingerprint density at radius 2 is 1.81 bits per heavy atom. The van der Waals surface area contributed by atoms with E-state index in [0.717, 1.165) is 62.3 Å². The third kappa shape index (κ3) is 4.18. The zero-order chi connectivity index (χ0) is 21.4. The smallest absolute Gasteiger partial charge is 0.257 e. The van der Waals surface area contributed by atoms with Crippen molar-refractivity contribution in [3.63, 3.8) is 0 Å². The molecule has 0 bridgehead atoms. The van der Waals surface area contributed by atoms with Crippen LogP contribution >= 0.6 is 27.5 Å². The number of halogens is 2. The number of pyridine rings is 2. The van der Waals surface area contributed by atoms with Gasteiger partial charge >= 0.3 is 0 Å². The van der Waals surface area contributed by atoms with Crippen LogP contribution in [-0.2, 0) is 26.1 Å². The summed E-state index contributed by atoms with van der Waals surface area (Å²) in [4.78, 5) is 20.5. The van der Waals surface area contributed by atoms with Crippen molar-refractivity contribution in [1.29, 1.82) is 0 Å². The molecule has 4 nitrogen and oxygen atoms in total. The van der Waals surface area contributed by atoms with Crippen molar-refractivity contribution in [2.75, 3.05) is 6.54 Å². The maximum Gasteiger partial charge on any atom is 0.257 e. The lowest BCUT2D eigenvalue weighted by molar-refractivity contribution is 0.244. The molecule has 6 heteroatoms. The monoisotopic (exact) mass is 493 g/mol. The van der Waals surface area contributed by atoms with Gasteiger partial charge in [0.25, 0.3) is 5.56 Å². The van der Waals surface area contributed by atoms with Crippen molar-refractivity contribution in [1.82, 2.24) is 14.5 Å². The molecule has 0 unspecified atom stereocenters. The summed E-state index contributed by atoms with van der Waals surface area (Å²) in [5, 5.41) is 1.82. The van der Waals surface area contributed by atoms with Crippen molar-refractivity contribution in [3.05, 3.63) is 109 Å². The molecule has 31 heavy (non-hydrogen) atoms. The Labute approximate surface area is 194 Å². The van der Waals surface area contributed by atoms with Gasteiger partial charge in [0.15, 0.2) is 0 Å². The van der Waals surface area contributed by atoms with E-state index in [1.54, 1.807) is 6.20 Å². The van der Waals surface area contributed by atoms with Gasteiger partial charge in [0.2, 0.25) is 0 Å². The fourth-order valence-electron chi connectivity index (χ4n) is 4.37. The first-order valence-corrected chi connectivity index (χ1v) is 11.5. The topological polar surface area (TPSA) is 38.1 Å². The third-order valence-electron chi connectivity index (χ3n) is 5.84. The highest BCUT2D eigenvalue weighted by Gasteiger charge is 2.24. The zero-order valence-electron chi connectivity index (χ0n) is 16.9. The lowest BCUT2D eigenvalue weighted by Crippen LogP contribution is -2.37. The van der Waals surface area contributed by atoms with Gasteiger partial charge in [-0.3, -0.25) is 14.3 Å². The minimum atomic E-state index is 0.0555. The molecule has 5 rings (SSSR count). The van der Waals surface area contributed by atoms with Crippen molar-refractivity contribution < 1.29 is 0 Å². The second-order valence-corrected chi connectivity index (χ2v) is 9.29. The highest BCUT2D eigenvalue weighted by molar-refractivity contribution is 9.10. The molecular weight excluding hydrogens is 474 g/mol. The molecule has 0 fully saturated rings. The molecule has 0 aliphatic carbocycles. The largest absolute Gasteiger partial charge is 0.294 e. The third-order valence-corrected chi connectivity index (χ3v) is 6.61. The molecule has 0 atom stereocenters. The predicted octanol–water partition coefficient (Wildman–Crippen LogP) is 5.42. The van der Waals surface area contributed by atoms with Gasteiger partial charge in [-0.2, -0.15) is 0 Å². The van der Waals surface area contributed by atoms with E-state index in [1.165, 1.54) is 0 Å². The molecule has 156 valence electrons. The average molecular weight is 495 g/mol. The minimum absolute atomic E-state index is 0.0555. The van der Waals surface area contributed by atoms with Crippen molar-refractivity contribution in [2.24, 2.45) is 0 Å². The molecule has 0 amide bonds. The SMILES string of the molecule is O=c1c2c(c3cccnc3n1Cc1ccc(Br)cc1)CCN(Cc1cccc(Cl)c1)C2. The Bertz CT molecular complexity index is 1320. The van der Waals surface area contributed by atoms with Gasteiger partial charge in [-0.15, -0.1) is 0 Å². The van der Waals surface area contributed by atoms with Gasteiger partial charge in [0.1, 0.15) is 5.65 Å². The number of rotatable bonds is 4. The van der Waals surface area contributed by atoms with E-state index in [-0.39, 0.29) is 5.56 Å². The number of nitrogens with zero attached hydrogens (tertiary/aromatic N) is 3. The lowest BCUT2D eigenvalue weighted by atomic mass is 9.97. The molecule has 1 aliphatic rings. The van der Waals surface area contributed by atoms with Gasteiger partial charge in [-0.1, -0.05) is 51.8 Å². The number of hydrogen-bond acceptors (Lipinski definition) is 3. The lowest BCUT2D eigenvalue weighted by Gasteiger charge is -2.30. The maximum absolute atomic E-state index is 13.6. The fraction of sp³-hybridized carbons (Fsp3) is 0.200. The summed E-state index contributed by atoms with van der Waals surface area (Å²) in [5.74, 6) is 0. The zero-order valence-corrected chi connectivity index (χ0v) is 19.2. The molecular formula is C25H21BrClN3O. The molecule has 3 heterocycles. The van der Waals surface area contributed by atoms with E-state index in [4.69, 9.17) is 11.6 Å². The Kier molecular flexibility index (Phi) is 5.65. The standard InChI is InChI=1S/C25H21BrClN3O/c26-19-8-6-17(7-9-19)15-30-24-22(5-2-11-28-24)21-10-12-29(16-23(21)25(30)31)14-18-3-1-4-20(27)13-18/h1-9,11,13H,10,12,14-16H2. The van der Waals surface area contributed by atoms with Crippen molar-refractivity contribution in [2.45, 2.75) is 26.1 Å². The quantitative estimate of drug-likeness (QED) is 0.380. The first-order valence-electron chi connectivity index (χ1n) is 10.3. The second-order valence-electron chi connectivity index (χ2n) is 7.94. The molecule has 0 saturated carbocycles. The molecule has 0 saturated heterocycles. The summed E-state index contributed by atoms with van der Waals surface area (Å²) in [5.41, 5.74) is 5.07. The van der Waals surface area contributed by atoms with Crippen LogP contribution in [0.2, 0.25) is 5.02 Å². The van der Waals surface area contributed by atoms with Crippen molar-refractivity contribution in [3.8, 4) is 0 Å². The first-order chi connectivity index (χ1) is 15.1. The highest BCUT2D eigenvalue weighted by Crippen LogP contribution is 2.26. The number of aromatic nitrogens is 2. The van der Waals surface area contributed by atoms with Crippen LogP contribution in [0, 0.1) is 0 Å². The summed E-state index contributed by atoms with van der Waals surface area (Å²) in [6.45, 7) is 2.81. The molecule has 1 aliphatic heterocycles. The average Bonchev–Trinajstić information content (AvgIpc) is 2.78. The predicted molar refractivity (Wildman–Crippen MR) is 129 cm³/mol. The Morgan fingerprint density at radius 1 is 0.968 bits per heavy atom. The van der Waals surface area contributed by atoms with Crippen LogP contribution < -0.4 is 5.56 Å². The van der Waals surface area contributed by atoms with Crippen LogP contribution in [0.3, 0.4) is 0 Å². The normalized spacial score (nSPS) is 14.0. The summed E-state index contributed by atoms with van der Waals surface area (Å²) in [7, 11) is 0.